The number of fused-ring (bicyclic) bond motifs is 1. The summed E-state index contributed by atoms with van der Waals surface area (Å²) in [7, 11) is 1.52. The summed E-state index contributed by atoms with van der Waals surface area (Å²) in [4.78, 5) is 53.5. The molecular formula is C32H27BrN4O5. The Labute approximate surface area is 249 Å². The van der Waals surface area contributed by atoms with E-state index in [-0.39, 0.29) is 28.9 Å². The lowest BCUT2D eigenvalue weighted by atomic mass is 10.1. The zero-order valence-electron chi connectivity index (χ0n) is 22.7. The third-order valence-electron chi connectivity index (χ3n) is 6.71. The van der Waals surface area contributed by atoms with Crippen molar-refractivity contribution in [2.45, 2.75) is 13.0 Å². The van der Waals surface area contributed by atoms with Crippen LogP contribution in [0.1, 0.15) is 15.9 Å². The molecule has 2 amide bonds. The second kappa shape index (κ2) is 12.7. The van der Waals surface area contributed by atoms with E-state index in [0.29, 0.717) is 30.1 Å². The highest BCUT2D eigenvalue weighted by Crippen LogP contribution is 2.17. The molecule has 0 unspecified atom stereocenters. The first kappa shape index (κ1) is 28.6. The number of benzene rings is 4. The van der Waals surface area contributed by atoms with Gasteiger partial charge in [0.2, 0.25) is 5.91 Å². The maximum absolute atomic E-state index is 13.8. The van der Waals surface area contributed by atoms with Crippen LogP contribution < -0.4 is 26.6 Å². The van der Waals surface area contributed by atoms with E-state index in [9.17, 15) is 19.2 Å². The van der Waals surface area contributed by atoms with E-state index in [2.05, 4.69) is 26.6 Å². The van der Waals surface area contributed by atoms with Gasteiger partial charge in [0.25, 0.3) is 11.5 Å². The summed E-state index contributed by atoms with van der Waals surface area (Å²) < 4.78 is 8.26. The number of rotatable bonds is 9. The molecule has 1 heterocycles. The number of nitrogens with zero attached hydrogens (tertiary/aromatic N) is 2. The fourth-order valence-electron chi connectivity index (χ4n) is 4.56. The van der Waals surface area contributed by atoms with Crippen molar-refractivity contribution in [1.29, 1.82) is 0 Å². The fourth-order valence-corrected chi connectivity index (χ4v) is 4.83. The Hall–Kier alpha value is -4.96. The Morgan fingerprint density at radius 2 is 1.60 bits per heavy atom. The summed E-state index contributed by atoms with van der Waals surface area (Å²) in [5, 5.41) is 5.84. The molecule has 5 aromatic rings. The van der Waals surface area contributed by atoms with E-state index in [0.717, 1.165) is 14.6 Å². The van der Waals surface area contributed by atoms with Crippen molar-refractivity contribution in [1.82, 2.24) is 14.5 Å². The molecule has 0 saturated heterocycles. The molecule has 0 bridgehead atoms. The number of carbonyl (C=O) groups excluding carboxylic acids is 2. The van der Waals surface area contributed by atoms with Gasteiger partial charge >= 0.3 is 5.69 Å². The predicted molar refractivity (Wildman–Crippen MR) is 166 cm³/mol. The van der Waals surface area contributed by atoms with Gasteiger partial charge in [0, 0.05) is 22.3 Å². The number of amides is 2. The lowest BCUT2D eigenvalue weighted by Gasteiger charge is -2.15. The van der Waals surface area contributed by atoms with Crippen LogP contribution in [0, 0.1) is 0 Å². The molecule has 0 aliphatic heterocycles. The van der Waals surface area contributed by atoms with Gasteiger partial charge in [-0.25, -0.2) is 9.36 Å². The van der Waals surface area contributed by atoms with Crippen LogP contribution in [0.3, 0.4) is 0 Å². The molecule has 0 fully saturated rings. The minimum Gasteiger partial charge on any atom is -0.497 e. The number of hydrogen-bond donors (Lipinski definition) is 2. The van der Waals surface area contributed by atoms with Crippen LogP contribution >= 0.6 is 15.9 Å². The fraction of sp³-hybridized carbons (Fsp3) is 0.125. The first-order valence-corrected chi connectivity index (χ1v) is 13.9. The minimum atomic E-state index is -0.717. The van der Waals surface area contributed by atoms with Crippen molar-refractivity contribution in [3.05, 3.63) is 133 Å². The first-order valence-electron chi connectivity index (χ1n) is 13.2. The molecule has 0 saturated carbocycles. The summed E-state index contributed by atoms with van der Waals surface area (Å²) in [6, 6.07) is 27.7. The van der Waals surface area contributed by atoms with Gasteiger partial charge in [-0.1, -0.05) is 46.3 Å². The van der Waals surface area contributed by atoms with Crippen molar-refractivity contribution in [2.24, 2.45) is 0 Å². The van der Waals surface area contributed by atoms with E-state index >= 15 is 0 Å². The molecular weight excluding hydrogens is 600 g/mol. The van der Waals surface area contributed by atoms with Crippen molar-refractivity contribution in [2.75, 3.05) is 19.0 Å². The van der Waals surface area contributed by atoms with Crippen LogP contribution in [0.15, 0.2) is 111 Å². The molecule has 212 valence electrons. The van der Waals surface area contributed by atoms with E-state index in [1.807, 2.05) is 30.3 Å². The third kappa shape index (κ3) is 6.34. The largest absolute Gasteiger partial charge is 0.497 e. The summed E-state index contributed by atoms with van der Waals surface area (Å²) in [5.41, 5.74) is 1.10. The highest BCUT2D eigenvalue weighted by Gasteiger charge is 2.19. The quantitative estimate of drug-likeness (QED) is 0.250. The van der Waals surface area contributed by atoms with Crippen LogP contribution in [0.4, 0.5) is 5.69 Å². The number of hydrogen-bond acceptors (Lipinski definition) is 5. The van der Waals surface area contributed by atoms with Gasteiger partial charge < -0.3 is 15.4 Å². The standard InChI is InChI=1S/C32H27BrN4O5/c1-42-26-14-12-25(13-15-26)37-31(40)27-16-7-22(30(39)34-18-17-21-5-3-2-4-6-21)19-28(27)36(32(37)41)20-29(38)35-24-10-8-23(33)9-11-24/h2-16,19H,17-18,20H2,1H3,(H,34,39)(H,35,38). The number of ether oxygens (including phenoxy) is 1. The Kier molecular flexibility index (Phi) is 8.63. The molecule has 0 spiro atoms. The van der Waals surface area contributed by atoms with E-state index in [1.165, 1.54) is 29.9 Å². The number of nitrogens with one attached hydrogen (secondary N) is 2. The zero-order valence-corrected chi connectivity index (χ0v) is 24.3. The van der Waals surface area contributed by atoms with Crippen LogP contribution in [0.5, 0.6) is 5.75 Å². The Balaban J connectivity index is 1.52. The maximum Gasteiger partial charge on any atom is 0.336 e. The molecule has 2 N–H and O–H groups in total. The van der Waals surface area contributed by atoms with Crippen molar-refractivity contribution in [3.63, 3.8) is 0 Å². The first-order chi connectivity index (χ1) is 20.3. The van der Waals surface area contributed by atoms with E-state index < -0.39 is 17.2 Å². The van der Waals surface area contributed by atoms with Gasteiger partial charge in [0.05, 0.1) is 23.7 Å². The molecule has 0 atom stereocenters. The number of halogens is 1. The molecule has 1 aromatic heterocycles. The van der Waals surface area contributed by atoms with Gasteiger partial charge in [-0.2, -0.15) is 0 Å². The van der Waals surface area contributed by atoms with Crippen LogP contribution in [0.25, 0.3) is 16.6 Å². The molecule has 4 aromatic carbocycles. The normalized spacial score (nSPS) is 10.8. The average molecular weight is 627 g/mol. The van der Waals surface area contributed by atoms with Gasteiger partial charge in [0.15, 0.2) is 0 Å². The second-order valence-electron chi connectivity index (χ2n) is 9.49. The van der Waals surface area contributed by atoms with Crippen LogP contribution in [-0.4, -0.2) is 34.6 Å². The number of anilines is 1. The molecule has 0 radical (unpaired) electrons. The summed E-state index contributed by atoms with van der Waals surface area (Å²) in [6.07, 6.45) is 0.646. The zero-order chi connectivity index (χ0) is 29.6. The Bertz CT molecular complexity index is 1870. The molecule has 10 heteroatoms. The molecule has 9 nitrogen and oxygen atoms in total. The summed E-state index contributed by atoms with van der Waals surface area (Å²) >= 11 is 3.36. The second-order valence-corrected chi connectivity index (χ2v) is 10.4. The smallest absolute Gasteiger partial charge is 0.336 e. The molecule has 0 aliphatic rings. The number of carbonyl (C=O) groups is 2. The van der Waals surface area contributed by atoms with Gasteiger partial charge in [-0.05, 0) is 78.7 Å². The van der Waals surface area contributed by atoms with Crippen molar-refractivity contribution < 1.29 is 14.3 Å². The Morgan fingerprint density at radius 1 is 0.881 bits per heavy atom. The van der Waals surface area contributed by atoms with Crippen molar-refractivity contribution >= 4 is 44.3 Å². The summed E-state index contributed by atoms with van der Waals surface area (Å²) in [5.74, 6) is -0.270. The Morgan fingerprint density at radius 3 is 2.29 bits per heavy atom. The third-order valence-corrected chi connectivity index (χ3v) is 7.24. The molecule has 0 aliphatic carbocycles. The van der Waals surface area contributed by atoms with Crippen LogP contribution in [0.2, 0.25) is 0 Å². The van der Waals surface area contributed by atoms with Gasteiger partial charge in [-0.15, -0.1) is 0 Å². The lowest BCUT2D eigenvalue weighted by molar-refractivity contribution is -0.116. The van der Waals surface area contributed by atoms with E-state index in [4.69, 9.17) is 4.74 Å². The lowest BCUT2D eigenvalue weighted by Crippen LogP contribution is -2.41. The average Bonchev–Trinajstić information content (AvgIpc) is 3.01. The molecule has 42 heavy (non-hydrogen) atoms. The maximum atomic E-state index is 13.8. The minimum absolute atomic E-state index is 0.177. The monoisotopic (exact) mass is 626 g/mol. The predicted octanol–water partition coefficient (Wildman–Crippen LogP) is 4.53. The van der Waals surface area contributed by atoms with E-state index in [1.54, 1.807) is 48.5 Å². The molecule has 5 rings (SSSR count). The highest BCUT2D eigenvalue weighted by molar-refractivity contribution is 9.10. The van der Waals surface area contributed by atoms with Gasteiger partial charge in [0.1, 0.15) is 12.3 Å². The SMILES string of the molecule is COc1ccc(-n2c(=O)c3ccc(C(=O)NCCc4ccccc4)cc3n(CC(=O)Nc3ccc(Br)cc3)c2=O)cc1. The summed E-state index contributed by atoms with van der Waals surface area (Å²) in [6.45, 7) is 0.0171. The highest BCUT2D eigenvalue weighted by atomic mass is 79.9. The van der Waals surface area contributed by atoms with Crippen molar-refractivity contribution in [3.8, 4) is 11.4 Å². The number of methoxy groups -OCH3 is 1. The van der Waals surface area contributed by atoms with Crippen LogP contribution in [-0.2, 0) is 17.8 Å². The topological polar surface area (TPSA) is 111 Å². The number of aromatic nitrogens is 2. The van der Waals surface area contributed by atoms with Gasteiger partial charge in [-0.3, -0.25) is 19.0 Å².